The summed E-state index contributed by atoms with van der Waals surface area (Å²) in [6.45, 7) is 5.69. The molecule has 0 saturated heterocycles. The maximum atomic E-state index is 10.8. The first kappa shape index (κ1) is 39.6. The van der Waals surface area contributed by atoms with Crippen LogP contribution in [-0.2, 0) is 17.1 Å². The molecule has 0 spiro atoms. The second-order valence-electron chi connectivity index (χ2n) is 9.68. The molecule has 0 aliphatic heterocycles. The van der Waals surface area contributed by atoms with Gasteiger partial charge in [0, 0.05) is 83.7 Å². The van der Waals surface area contributed by atoms with Gasteiger partial charge < -0.3 is 34.8 Å². The second kappa shape index (κ2) is 18.1. The summed E-state index contributed by atoms with van der Waals surface area (Å²) in [5.74, 6) is 0.0748. The van der Waals surface area contributed by atoms with Crippen LogP contribution in [0, 0.1) is 20.2 Å². The SMILES string of the molecule is CCN(CC)c1ccc(C=Nc2cc(Cl)c([N+](=O)[O-])cc2O)c(O)c1.COc1cc(O)c(C=Nc2cc([N+](=O)[O-])ccc2O)cc1OC.[Mn]. The van der Waals surface area contributed by atoms with Crippen molar-refractivity contribution in [2.24, 2.45) is 9.98 Å². The zero-order chi connectivity index (χ0) is 35.5. The van der Waals surface area contributed by atoms with Crippen molar-refractivity contribution in [1.29, 1.82) is 0 Å². The summed E-state index contributed by atoms with van der Waals surface area (Å²) >= 11 is 5.82. The fraction of sp³-hybridized carbons (Fsp3) is 0.188. The largest absolute Gasteiger partial charge is 0.507 e. The Morgan fingerprint density at radius 1 is 0.735 bits per heavy atom. The predicted molar refractivity (Wildman–Crippen MR) is 182 cm³/mol. The molecule has 15 nitrogen and oxygen atoms in total. The molecule has 0 aliphatic rings. The molecule has 0 aromatic heterocycles. The van der Waals surface area contributed by atoms with E-state index in [0.29, 0.717) is 22.6 Å². The monoisotopic (exact) mass is 736 g/mol. The molecule has 17 heteroatoms. The van der Waals surface area contributed by atoms with Gasteiger partial charge in [0.2, 0.25) is 0 Å². The molecule has 4 aromatic rings. The molecular formula is C32H32ClMnN5O10. The quantitative estimate of drug-likeness (QED) is 0.0531. The molecule has 0 heterocycles. The van der Waals surface area contributed by atoms with Gasteiger partial charge in [-0.2, -0.15) is 0 Å². The van der Waals surface area contributed by atoms with Gasteiger partial charge in [-0.1, -0.05) is 11.6 Å². The van der Waals surface area contributed by atoms with Crippen LogP contribution in [0.4, 0.5) is 28.4 Å². The van der Waals surface area contributed by atoms with Crippen molar-refractivity contribution >= 4 is 52.5 Å². The van der Waals surface area contributed by atoms with Gasteiger partial charge in [0.25, 0.3) is 11.4 Å². The molecule has 0 fully saturated rings. The van der Waals surface area contributed by atoms with Crippen molar-refractivity contribution in [3.05, 3.63) is 97.0 Å². The van der Waals surface area contributed by atoms with E-state index in [1.54, 1.807) is 12.1 Å². The second-order valence-corrected chi connectivity index (χ2v) is 10.1. The summed E-state index contributed by atoms with van der Waals surface area (Å²) in [5, 5.41) is 61.0. The smallest absolute Gasteiger partial charge is 0.291 e. The van der Waals surface area contributed by atoms with Gasteiger partial charge >= 0.3 is 0 Å². The van der Waals surface area contributed by atoms with E-state index in [4.69, 9.17) is 21.1 Å². The van der Waals surface area contributed by atoms with Gasteiger partial charge in [-0.15, -0.1) is 0 Å². The average molecular weight is 737 g/mol. The van der Waals surface area contributed by atoms with Crippen LogP contribution in [0.3, 0.4) is 0 Å². The van der Waals surface area contributed by atoms with Crippen LogP contribution in [-0.4, -0.2) is 70.0 Å². The molecular weight excluding hydrogens is 705 g/mol. The van der Waals surface area contributed by atoms with Crippen LogP contribution < -0.4 is 14.4 Å². The van der Waals surface area contributed by atoms with Crippen molar-refractivity contribution in [3.8, 4) is 34.5 Å². The summed E-state index contributed by atoms with van der Waals surface area (Å²) in [6.07, 6.45) is 2.62. The van der Waals surface area contributed by atoms with Crippen molar-refractivity contribution in [2.45, 2.75) is 13.8 Å². The molecule has 0 atom stereocenters. The number of phenolic OH excluding ortho intramolecular Hbond substituents is 4. The maximum absolute atomic E-state index is 10.8. The third kappa shape index (κ3) is 10.2. The molecule has 1 radical (unpaired) electrons. The Labute approximate surface area is 296 Å². The van der Waals surface area contributed by atoms with Crippen LogP contribution >= 0.6 is 11.6 Å². The third-order valence-corrected chi connectivity index (χ3v) is 7.07. The topological polar surface area (TPSA) is 214 Å². The minimum absolute atomic E-state index is 0. The Morgan fingerprint density at radius 2 is 1.31 bits per heavy atom. The molecule has 0 saturated carbocycles. The number of hydrogen-bond donors (Lipinski definition) is 4. The number of aliphatic imine (C=N–C) groups is 2. The first-order chi connectivity index (χ1) is 22.8. The normalized spacial score (nSPS) is 10.6. The van der Waals surface area contributed by atoms with E-state index in [9.17, 15) is 40.7 Å². The number of methoxy groups -OCH3 is 2. The van der Waals surface area contributed by atoms with Crippen molar-refractivity contribution < 1.29 is 56.8 Å². The number of ether oxygens (including phenoxy) is 2. The predicted octanol–water partition coefficient (Wildman–Crippen LogP) is 7.03. The fourth-order valence-electron chi connectivity index (χ4n) is 4.20. The van der Waals surface area contributed by atoms with E-state index < -0.39 is 15.5 Å². The van der Waals surface area contributed by atoms with Crippen LogP contribution in [0.15, 0.2) is 70.6 Å². The van der Waals surface area contributed by atoms with Gasteiger partial charge in [-0.05, 0) is 44.2 Å². The molecule has 259 valence electrons. The minimum Gasteiger partial charge on any atom is -0.507 e. The van der Waals surface area contributed by atoms with E-state index >= 15 is 0 Å². The number of phenols is 4. The number of nitrogens with zero attached hydrogens (tertiary/aromatic N) is 5. The third-order valence-electron chi connectivity index (χ3n) is 6.77. The Hall–Kier alpha value is -5.57. The van der Waals surface area contributed by atoms with Crippen molar-refractivity contribution in [1.82, 2.24) is 0 Å². The van der Waals surface area contributed by atoms with Crippen molar-refractivity contribution in [3.63, 3.8) is 0 Å². The number of rotatable bonds is 11. The number of nitro benzene ring substituents is 2. The van der Waals surface area contributed by atoms with Crippen LogP contribution in [0.2, 0.25) is 5.02 Å². The molecule has 0 aliphatic carbocycles. The number of hydrogen-bond acceptors (Lipinski definition) is 13. The molecule has 49 heavy (non-hydrogen) atoms. The number of non-ortho nitro benzene ring substituents is 1. The zero-order valence-electron chi connectivity index (χ0n) is 26.6. The molecule has 4 rings (SSSR count). The van der Waals surface area contributed by atoms with Gasteiger partial charge in [0.05, 0.1) is 30.1 Å². The molecule has 4 N–H and O–H groups in total. The Balaban J connectivity index is 0.000000334. The summed E-state index contributed by atoms with van der Waals surface area (Å²) in [4.78, 5) is 30.4. The number of anilines is 1. The summed E-state index contributed by atoms with van der Waals surface area (Å²) in [5.41, 5.74) is 1.12. The van der Waals surface area contributed by atoms with Crippen molar-refractivity contribution in [2.75, 3.05) is 32.2 Å². The standard InChI is InChI=1S/C17H18ClN3O4.C15H14N2O6.Mn/c1-3-20(4-2)12-6-5-11(16(22)7-12)10-19-14-8-13(18)15(21(24)25)9-17(14)23;1-22-14-5-9(13(19)7-15(14)23-2)8-16-11-6-10(17(20)21)3-4-12(11)18;/h5-10,22-23H,3-4H2,1-2H3;3-8,18-19H,1-2H3;. The van der Waals surface area contributed by atoms with Gasteiger partial charge in [0.1, 0.15) is 39.4 Å². The van der Waals surface area contributed by atoms with E-state index in [0.717, 1.165) is 30.9 Å². The first-order valence-corrected chi connectivity index (χ1v) is 14.5. The minimum atomic E-state index is -0.687. The number of halogens is 1. The number of benzene rings is 4. The van der Waals surface area contributed by atoms with E-state index in [-0.39, 0.29) is 62.2 Å². The summed E-state index contributed by atoms with van der Waals surface area (Å²) in [7, 11) is 2.88. The molecule has 0 amide bonds. The Kier molecular flexibility index (Phi) is 14.6. The van der Waals surface area contributed by atoms with Gasteiger partial charge in [-0.3, -0.25) is 30.2 Å². The zero-order valence-corrected chi connectivity index (χ0v) is 28.5. The van der Waals surface area contributed by atoms with E-state index in [1.165, 1.54) is 57.0 Å². The number of aromatic hydroxyl groups is 4. The average Bonchev–Trinajstić information content (AvgIpc) is 3.06. The Bertz CT molecular complexity index is 1870. The molecule has 0 unspecified atom stereocenters. The van der Waals surface area contributed by atoms with Crippen LogP contribution in [0.5, 0.6) is 34.5 Å². The maximum Gasteiger partial charge on any atom is 0.291 e. The van der Waals surface area contributed by atoms with Gasteiger partial charge in [-0.25, -0.2) is 0 Å². The first-order valence-electron chi connectivity index (χ1n) is 14.1. The Morgan fingerprint density at radius 3 is 1.86 bits per heavy atom. The molecule has 4 aromatic carbocycles. The molecule has 0 bridgehead atoms. The van der Waals surface area contributed by atoms with E-state index in [2.05, 4.69) is 14.9 Å². The number of nitro groups is 2. The summed E-state index contributed by atoms with van der Waals surface area (Å²) < 4.78 is 10.2. The van der Waals surface area contributed by atoms with Crippen LogP contribution in [0.1, 0.15) is 25.0 Å². The van der Waals surface area contributed by atoms with Gasteiger partial charge in [0.15, 0.2) is 11.5 Å². The van der Waals surface area contributed by atoms with Crippen LogP contribution in [0.25, 0.3) is 0 Å². The van der Waals surface area contributed by atoms with E-state index in [1.807, 2.05) is 19.9 Å². The fourth-order valence-corrected chi connectivity index (χ4v) is 4.43. The summed E-state index contributed by atoms with van der Waals surface area (Å²) in [6, 6.07) is 13.7.